The number of carbonyl (C=O) groups excluding carboxylic acids is 1. The molecule has 1 aliphatic rings. The zero-order valence-corrected chi connectivity index (χ0v) is 9.49. The Morgan fingerprint density at radius 3 is 2.65 bits per heavy atom. The van der Waals surface area contributed by atoms with E-state index in [2.05, 4.69) is 20.5 Å². The van der Waals surface area contributed by atoms with Gasteiger partial charge in [0.05, 0.1) is 0 Å². The minimum absolute atomic E-state index is 0.00521. The molecule has 92 valence electrons. The third-order valence-electron chi connectivity index (χ3n) is 3.04. The summed E-state index contributed by atoms with van der Waals surface area (Å²) in [5, 5.41) is 17.9. The van der Waals surface area contributed by atoms with Crippen molar-refractivity contribution < 1.29 is 14.7 Å². The van der Waals surface area contributed by atoms with Gasteiger partial charge in [-0.1, -0.05) is 6.92 Å². The highest BCUT2D eigenvalue weighted by atomic mass is 16.4. The summed E-state index contributed by atoms with van der Waals surface area (Å²) < 4.78 is 0. The minimum atomic E-state index is -1.12. The van der Waals surface area contributed by atoms with Crippen molar-refractivity contribution in [3.8, 4) is 0 Å². The van der Waals surface area contributed by atoms with Gasteiger partial charge in [0.25, 0.3) is 5.91 Å². The van der Waals surface area contributed by atoms with Gasteiger partial charge >= 0.3 is 5.97 Å². The van der Waals surface area contributed by atoms with E-state index in [1.165, 1.54) is 0 Å². The summed E-state index contributed by atoms with van der Waals surface area (Å²) in [6, 6.07) is 0. The maximum absolute atomic E-state index is 11.8. The Hall–Kier alpha value is -1.92. The number of aryl methyl sites for hydroxylation is 1. The van der Waals surface area contributed by atoms with Crippen molar-refractivity contribution in [1.29, 1.82) is 0 Å². The van der Waals surface area contributed by atoms with Gasteiger partial charge in [0.15, 0.2) is 0 Å². The van der Waals surface area contributed by atoms with Gasteiger partial charge in [-0.05, 0) is 19.3 Å². The lowest BCUT2D eigenvalue weighted by atomic mass is 9.77. The van der Waals surface area contributed by atoms with Crippen molar-refractivity contribution in [3.63, 3.8) is 0 Å². The van der Waals surface area contributed by atoms with Crippen LogP contribution in [0.15, 0.2) is 0 Å². The van der Waals surface area contributed by atoms with Crippen molar-refractivity contribution in [2.45, 2.75) is 38.1 Å². The second-order valence-electron chi connectivity index (χ2n) is 4.15. The Labute approximate surface area is 97.6 Å². The summed E-state index contributed by atoms with van der Waals surface area (Å²) >= 11 is 0. The number of amides is 1. The van der Waals surface area contributed by atoms with Gasteiger partial charge in [0, 0.05) is 6.42 Å². The van der Waals surface area contributed by atoms with E-state index in [1.807, 2.05) is 6.92 Å². The maximum Gasteiger partial charge on any atom is 0.329 e. The van der Waals surface area contributed by atoms with Crippen molar-refractivity contribution in [2.24, 2.45) is 0 Å². The average molecular weight is 238 g/mol. The Morgan fingerprint density at radius 1 is 1.53 bits per heavy atom. The van der Waals surface area contributed by atoms with Crippen LogP contribution in [-0.4, -0.2) is 37.7 Å². The molecule has 0 spiro atoms. The SMILES string of the molecule is CCc1nc(C(=O)NC2(C(=O)O)CCC2)n[nH]1. The molecule has 3 N–H and O–H groups in total. The second kappa shape index (κ2) is 4.15. The van der Waals surface area contributed by atoms with E-state index in [9.17, 15) is 9.59 Å². The quantitative estimate of drug-likeness (QED) is 0.689. The van der Waals surface area contributed by atoms with E-state index in [0.717, 1.165) is 6.42 Å². The van der Waals surface area contributed by atoms with Crippen LogP contribution in [0.25, 0.3) is 0 Å². The summed E-state index contributed by atoms with van der Waals surface area (Å²) in [5.41, 5.74) is -1.12. The molecular weight excluding hydrogens is 224 g/mol. The fraction of sp³-hybridized carbons (Fsp3) is 0.600. The van der Waals surface area contributed by atoms with E-state index in [1.54, 1.807) is 0 Å². The number of aromatic nitrogens is 3. The number of carbonyl (C=O) groups is 2. The molecule has 0 aliphatic heterocycles. The van der Waals surface area contributed by atoms with Gasteiger partial charge in [0.2, 0.25) is 5.82 Å². The normalized spacial score (nSPS) is 17.2. The van der Waals surface area contributed by atoms with Crippen LogP contribution in [0.1, 0.15) is 42.6 Å². The van der Waals surface area contributed by atoms with Gasteiger partial charge in [-0.3, -0.25) is 9.89 Å². The molecule has 1 fully saturated rings. The largest absolute Gasteiger partial charge is 0.480 e. The molecule has 1 aromatic rings. The van der Waals surface area contributed by atoms with Gasteiger partial charge < -0.3 is 10.4 Å². The van der Waals surface area contributed by atoms with E-state index in [-0.39, 0.29) is 5.82 Å². The molecule has 1 saturated carbocycles. The van der Waals surface area contributed by atoms with Crippen LogP contribution in [0, 0.1) is 0 Å². The highest BCUT2D eigenvalue weighted by Gasteiger charge is 2.46. The van der Waals surface area contributed by atoms with Crippen LogP contribution in [0.3, 0.4) is 0 Å². The van der Waals surface area contributed by atoms with Crippen LogP contribution in [0.5, 0.6) is 0 Å². The van der Waals surface area contributed by atoms with Crippen molar-refractivity contribution in [2.75, 3.05) is 0 Å². The number of carboxylic acid groups (broad SMARTS) is 1. The van der Waals surface area contributed by atoms with Gasteiger partial charge in [-0.15, -0.1) is 5.10 Å². The lowest BCUT2D eigenvalue weighted by Gasteiger charge is -2.37. The van der Waals surface area contributed by atoms with Crippen molar-refractivity contribution in [3.05, 3.63) is 11.6 Å². The minimum Gasteiger partial charge on any atom is -0.480 e. The standard InChI is InChI=1S/C10H14N4O3/c1-2-6-11-7(14-13-6)8(15)12-10(9(16)17)4-3-5-10/h2-5H2,1H3,(H,12,15)(H,16,17)(H,11,13,14). The first kappa shape index (κ1) is 11.6. The highest BCUT2D eigenvalue weighted by molar-refractivity contribution is 5.95. The summed E-state index contributed by atoms with van der Waals surface area (Å²) in [5.74, 6) is -0.936. The Kier molecular flexibility index (Phi) is 2.83. The summed E-state index contributed by atoms with van der Waals surface area (Å²) in [6.45, 7) is 1.88. The molecule has 0 radical (unpaired) electrons. The molecule has 1 aromatic heterocycles. The molecule has 17 heavy (non-hydrogen) atoms. The first-order valence-corrected chi connectivity index (χ1v) is 5.54. The number of carboxylic acids is 1. The van der Waals surface area contributed by atoms with Crippen LogP contribution >= 0.6 is 0 Å². The zero-order valence-electron chi connectivity index (χ0n) is 9.49. The maximum atomic E-state index is 11.8. The Morgan fingerprint density at radius 2 is 2.24 bits per heavy atom. The van der Waals surface area contributed by atoms with Crippen LogP contribution in [0.2, 0.25) is 0 Å². The first-order valence-electron chi connectivity index (χ1n) is 5.54. The fourth-order valence-corrected chi connectivity index (χ4v) is 1.75. The van der Waals surface area contributed by atoms with Gasteiger partial charge in [-0.2, -0.15) is 0 Å². The molecule has 1 heterocycles. The van der Waals surface area contributed by atoms with Crippen molar-refractivity contribution >= 4 is 11.9 Å². The zero-order chi connectivity index (χ0) is 12.5. The molecule has 2 rings (SSSR count). The molecular formula is C10H14N4O3. The predicted octanol–water partition coefficient (Wildman–Crippen LogP) is 0.104. The number of hydrogen-bond acceptors (Lipinski definition) is 4. The molecule has 7 heteroatoms. The molecule has 0 unspecified atom stereocenters. The lowest BCUT2D eigenvalue weighted by Crippen LogP contribution is -2.59. The molecule has 7 nitrogen and oxygen atoms in total. The number of aromatic amines is 1. The van der Waals surface area contributed by atoms with Crippen LogP contribution in [0.4, 0.5) is 0 Å². The van der Waals surface area contributed by atoms with Gasteiger partial charge in [0.1, 0.15) is 11.4 Å². The van der Waals surface area contributed by atoms with Crippen LogP contribution < -0.4 is 5.32 Å². The molecule has 1 amide bonds. The van der Waals surface area contributed by atoms with Crippen LogP contribution in [-0.2, 0) is 11.2 Å². The number of nitrogens with one attached hydrogen (secondary N) is 2. The summed E-state index contributed by atoms with van der Waals surface area (Å²) in [4.78, 5) is 26.8. The summed E-state index contributed by atoms with van der Waals surface area (Å²) in [6.07, 6.45) is 2.36. The Bertz CT molecular complexity index is 450. The fourth-order valence-electron chi connectivity index (χ4n) is 1.75. The smallest absolute Gasteiger partial charge is 0.329 e. The number of H-pyrrole nitrogens is 1. The molecule has 0 atom stereocenters. The molecule has 0 saturated heterocycles. The molecule has 1 aliphatic carbocycles. The summed E-state index contributed by atoms with van der Waals surface area (Å²) in [7, 11) is 0. The lowest BCUT2D eigenvalue weighted by molar-refractivity contribution is -0.148. The number of aliphatic carboxylic acids is 1. The predicted molar refractivity (Wildman–Crippen MR) is 57.4 cm³/mol. The number of nitrogens with zero attached hydrogens (tertiary/aromatic N) is 2. The Balaban J connectivity index is 2.08. The van der Waals surface area contributed by atoms with Crippen molar-refractivity contribution in [1.82, 2.24) is 20.5 Å². The average Bonchev–Trinajstić information content (AvgIpc) is 2.71. The van der Waals surface area contributed by atoms with Gasteiger partial charge in [-0.25, -0.2) is 9.78 Å². The van der Waals surface area contributed by atoms with E-state index in [0.29, 0.717) is 25.1 Å². The number of hydrogen-bond donors (Lipinski definition) is 3. The third kappa shape index (κ3) is 2.00. The molecule has 0 aromatic carbocycles. The topological polar surface area (TPSA) is 108 Å². The highest BCUT2D eigenvalue weighted by Crippen LogP contribution is 2.32. The third-order valence-corrected chi connectivity index (χ3v) is 3.04. The van der Waals surface area contributed by atoms with E-state index in [4.69, 9.17) is 5.11 Å². The second-order valence-corrected chi connectivity index (χ2v) is 4.15. The van der Waals surface area contributed by atoms with E-state index < -0.39 is 17.4 Å². The monoisotopic (exact) mass is 238 g/mol. The first-order chi connectivity index (χ1) is 8.07. The van der Waals surface area contributed by atoms with E-state index >= 15 is 0 Å². The number of rotatable bonds is 4. The molecule has 0 bridgehead atoms.